The molecule has 1 N–H and O–H groups in total. The summed E-state index contributed by atoms with van der Waals surface area (Å²) in [5.41, 5.74) is 6.41. The Morgan fingerprint density at radius 2 is 2.00 bits per heavy atom. The van der Waals surface area contributed by atoms with E-state index < -0.39 is 5.97 Å². The molecule has 0 amide bonds. The molecule has 25 heavy (non-hydrogen) atoms. The third-order valence-corrected chi connectivity index (χ3v) is 5.04. The fraction of sp³-hybridized carbons (Fsp3) is 0.409. The molecule has 0 atom stereocenters. The fourth-order valence-electron chi connectivity index (χ4n) is 3.93. The first-order valence-electron chi connectivity index (χ1n) is 9.43. The third kappa shape index (κ3) is 3.87. The molecule has 3 nitrogen and oxygen atoms in total. The van der Waals surface area contributed by atoms with Crippen LogP contribution in [0.25, 0.3) is 17.2 Å². The zero-order valence-corrected chi connectivity index (χ0v) is 15.0. The number of benzene rings is 1. The Labute approximate surface area is 150 Å². The van der Waals surface area contributed by atoms with Crippen LogP contribution in [0.15, 0.2) is 36.4 Å². The number of hydrogen-bond acceptors (Lipinski definition) is 1. The maximum Gasteiger partial charge on any atom is 0.328 e. The second-order valence-corrected chi connectivity index (χ2v) is 6.79. The Kier molecular flexibility index (Phi) is 5.75. The lowest BCUT2D eigenvalue weighted by molar-refractivity contribution is -0.131. The smallest absolute Gasteiger partial charge is 0.328 e. The van der Waals surface area contributed by atoms with Crippen LogP contribution in [-0.4, -0.2) is 15.6 Å². The molecule has 132 valence electrons. The second kappa shape index (κ2) is 8.19. The van der Waals surface area contributed by atoms with Crippen LogP contribution in [0, 0.1) is 0 Å². The summed E-state index contributed by atoms with van der Waals surface area (Å²) in [6.45, 7) is 3.22. The number of fused-ring (bicyclic) bond motifs is 1. The van der Waals surface area contributed by atoms with Crippen LogP contribution in [0.5, 0.6) is 0 Å². The Morgan fingerprint density at radius 1 is 1.20 bits per heavy atom. The number of aliphatic carboxylic acids is 1. The summed E-state index contributed by atoms with van der Waals surface area (Å²) in [6.07, 6.45) is 11.2. The van der Waals surface area contributed by atoms with Crippen molar-refractivity contribution in [3.05, 3.63) is 53.4 Å². The van der Waals surface area contributed by atoms with Crippen molar-refractivity contribution < 1.29 is 9.90 Å². The molecule has 0 bridgehead atoms. The molecule has 0 fully saturated rings. The molecular formula is C22H27NO2. The predicted octanol–water partition coefficient (Wildman–Crippen LogP) is 5.32. The zero-order valence-electron chi connectivity index (χ0n) is 15.0. The number of carboxylic acids is 1. The lowest BCUT2D eigenvalue weighted by atomic mass is 9.94. The SMILES string of the molecule is CCCCCCc1c(-c2ccccc2)c2n(c1/C=C/C(=O)O)CCC2. The van der Waals surface area contributed by atoms with E-state index in [9.17, 15) is 4.79 Å². The van der Waals surface area contributed by atoms with Crippen LogP contribution in [-0.2, 0) is 24.2 Å². The van der Waals surface area contributed by atoms with Crippen LogP contribution >= 0.6 is 0 Å². The van der Waals surface area contributed by atoms with Crippen molar-refractivity contribution >= 4 is 12.0 Å². The van der Waals surface area contributed by atoms with E-state index in [1.54, 1.807) is 6.08 Å². The van der Waals surface area contributed by atoms with E-state index in [2.05, 4.69) is 35.8 Å². The number of hydrogen-bond donors (Lipinski definition) is 1. The Morgan fingerprint density at radius 3 is 2.72 bits per heavy atom. The number of carbonyl (C=O) groups is 1. The molecule has 0 saturated heterocycles. The van der Waals surface area contributed by atoms with Crippen molar-refractivity contribution in [3.8, 4) is 11.1 Å². The minimum absolute atomic E-state index is 0.883. The molecule has 1 aromatic heterocycles. The van der Waals surface area contributed by atoms with Crippen LogP contribution in [0.1, 0.15) is 56.0 Å². The minimum atomic E-state index is -0.883. The molecule has 3 rings (SSSR count). The Bertz CT molecular complexity index is 756. The maximum absolute atomic E-state index is 11.1. The summed E-state index contributed by atoms with van der Waals surface area (Å²) in [7, 11) is 0. The number of aromatic nitrogens is 1. The normalized spacial score (nSPS) is 13.5. The van der Waals surface area contributed by atoms with Crippen molar-refractivity contribution in [1.29, 1.82) is 0 Å². The van der Waals surface area contributed by atoms with E-state index in [0.29, 0.717) is 0 Å². The molecular weight excluding hydrogens is 310 g/mol. The summed E-state index contributed by atoms with van der Waals surface area (Å²) in [5.74, 6) is -0.883. The lowest BCUT2D eigenvalue weighted by Crippen LogP contribution is -1.98. The number of rotatable bonds is 8. The molecule has 0 spiro atoms. The van der Waals surface area contributed by atoms with Crippen LogP contribution in [0.4, 0.5) is 0 Å². The van der Waals surface area contributed by atoms with Crippen molar-refractivity contribution in [2.24, 2.45) is 0 Å². The second-order valence-electron chi connectivity index (χ2n) is 6.79. The van der Waals surface area contributed by atoms with Crippen LogP contribution in [0.3, 0.4) is 0 Å². The first kappa shape index (κ1) is 17.5. The van der Waals surface area contributed by atoms with E-state index in [4.69, 9.17) is 5.11 Å². The molecule has 0 radical (unpaired) electrons. The van der Waals surface area contributed by atoms with Gasteiger partial charge in [-0.2, -0.15) is 0 Å². The quantitative estimate of drug-likeness (QED) is 0.523. The molecule has 2 heterocycles. The molecule has 0 saturated carbocycles. The van der Waals surface area contributed by atoms with E-state index in [-0.39, 0.29) is 0 Å². The third-order valence-electron chi connectivity index (χ3n) is 5.04. The van der Waals surface area contributed by atoms with Crippen molar-refractivity contribution in [1.82, 2.24) is 4.57 Å². The minimum Gasteiger partial charge on any atom is -0.478 e. The van der Waals surface area contributed by atoms with Gasteiger partial charge in [0.15, 0.2) is 0 Å². The fourth-order valence-corrected chi connectivity index (χ4v) is 3.93. The van der Waals surface area contributed by atoms with Gasteiger partial charge in [-0.15, -0.1) is 0 Å². The molecule has 2 aromatic rings. The first-order valence-corrected chi connectivity index (χ1v) is 9.43. The van der Waals surface area contributed by atoms with Crippen molar-refractivity contribution in [2.45, 2.75) is 58.4 Å². The standard InChI is InChI=1S/C22H27NO2/c1-2-3-4-8-12-18-19(14-15-21(24)25)23-16-9-13-20(23)22(18)17-10-6-5-7-11-17/h5-7,10-11,14-15H,2-4,8-9,12-13,16H2,1H3,(H,24,25)/b15-14+. The number of unbranched alkanes of at least 4 members (excludes halogenated alkanes) is 3. The average Bonchev–Trinajstić information content (AvgIpc) is 3.18. The topological polar surface area (TPSA) is 42.2 Å². The largest absolute Gasteiger partial charge is 0.478 e. The number of nitrogens with zero attached hydrogens (tertiary/aromatic N) is 1. The van der Waals surface area contributed by atoms with Crippen molar-refractivity contribution in [2.75, 3.05) is 0 Å². The van der Waals surface area contributed by atoms with Gasteiger partial charge >= 0.3 is 5.97 Å². The van der Waals surface area contributed by atoms with Crippen molar-refractivity contribution in [3.63, 3.8) is 0 Å². The van der Waals surface area contributed by atoms with Gasteiger partial charge in [0.25, 0.3) is 0 Å². The Hall–Kier alpha value is -2.29. The summed E-state index contributed by atoms with van der Waals surface area (Å²) < 4.78 is 2.34. The van der Waals surface area contributed by atoms with E-state index in [1.807, 2.05) is 6.07 Å². The number of carboxylic acid groups (broad SMARTS) is 1. The lowest BCUT2D eigenvalue weighted by Gasteiger charge is -2.09. The van der Waals surface area contributed by atoms with Gasteiger partial charge in [0.1, 0.15) is 0 Å². The highest BCUT2D eigenvalue weighted by Crippen LogP contribution is 2.38. The van der Waals surface area contributed by atoms with Crippen LogP contribution in [0.2, 0.25) is 0 Å². The monoisotopic (exact) mass is 337 g/mol. The summed E-state index contributed by atoms with van der Waals surface area (Å²) >= 11 is 0. The molecule has 1 aliphatic rings. The van der Waals surface area contributed by atoms with Gasteiger partial charge < -0.3 is 9.67 Å². The zero-order chi connectivity index (χ0) is 17.6. The highest BCUT2D eigenvalue weighted by molar-refractivity contribution is 5.86. The average molecular weight is 337 g/mol. The molecule has 0 unspecified atom stereocenters. The van der Waals surface area contributed by atoms with Gasteiger partial charge in [0, 0.05) is 29.6 Å². The first-order chi connectivity index (χ1) is 12.2. The van der Waals surface area contributed by atoms with E-state index >= 15 is 0 Å². The summed E-state index contributed by atoms with van der Waals surface area (Å²) in [6, 6.07) is 10.6. The van der Waals surface area contributed by atoms with E-state index in [0.717, 1.165) is 37.9 Å². The van der Waals surface area contributed by atoms with E-state index in [1.165, 1.54) is 47.7 Å². The van der Waals surface area contributed by atoms with Gasteiger partial charge in [0.05, 0.1) is 0 Å². The van der Waals surface area contributed by atoms with Crippen LogP contribution < -0.4 is 0 Å². The molecule has 3 heteroatoms. The van der Waals surface area contributed by atoms with Gasteiger partial charge in [-0.05, 0) is 42.9 Å². The highest BCUT2D eigenvalue weighted by Gasteiger charge is 2.25. The summed E-state index contributed by atoms with van der Waals surface area (Å²) in [4.78, 5) is 11.1. The van der Waals surface area contributed by atoms with Gasteiger partial charge in [0.2, 0.25) is 0 Å². The van der Waals surface area contributed by atoms with Gasteiger partial charge in [-0.25, -0.2) is 4.79 Å². The molecule has 1 aliphatic heterocycles. The summed E-state index contributed by atoms with van der Waals surface area (Å²) in [5, 5.41) is 9.09. The predicted molar refractivity (Wildman–Crippen MR) is 103 cm³/mol. The molecule has 1 aromatic carbocycles. The Balaban J connectivity index is 2.05. The molecule has 0 aliphatic carbocycles. The van der Waals surface area contributed by atoms with Gasteiger partial charge in [-0.3, -0.25) is 0 Å². The maximum atomic E-state index is 11.1. The van der Waals surface area contributed by atoms with Gasteiger partial charge in [-0.1, -0.05) is 56.5 Å². The highest BCUT2D eigenvalue weighted by atomic mass is 16.4.